The predicted octanol–water partition coefficient (Wildman–Crippen LogP) is 3.23. The Morgan fingerprint density at radius 1 is 1.13 bits per heavy atom. The quantitative estimate of drug-likeness (QED) is 0.941. The summed E-state index contributed by atoms with van der Waals surface area (Å²) >= 11 is 0. The summed E-state index contributed by atoms with van der Waals surface area (Å²) in [5, 5.41) is 9.10. The van der Waals surface area contributed by atoms with E-state index in [4.69, 9.17) is 11.0 Å². The largest absolute Gasteiger partial charge is 0.349 e. The summed E-state index contributed by atoms with van der Waals surface area (Å²) in [6.45, 7) is 0.770. The molecule has 1 saturated carbocycles. The average Bonchev–Trinajstić information content (AvgIpc) is 2.61. The molecule has 0 bridgehead atoms. The fourth-order valence-electron chi connectivity index (χ4n) is 3.27. The van der Waals surface area contributed by atoms with E-state index >= 15 is 0 Å². The van der Waals surface area contributed by atoms with Gasteiger partial charge in [-0.3, -0.25) is 0 Å². The van der Waals surface area contributed by atoms with Gasteiger partial charge in [0.05, 0.1) is 11.6 Å². The first-order chi connectivity index (χ1) is 11.3. The Kier molecular flexibility index (Phi) is 4.89. The van der Waals surface area contributed by atoms with Gasteiger partial charge in [-0.1, -0.05) is 18.2 Å². The molecule has 2 N–H and O–H groups in total. The van der Waals surface area contributed by atoms with Crippen molar-refractivity contribution in [3.8, 4) is 6.07 Å². The molecule has 23 heavy (non-hydrogen) atoms. The lowest BCUT2D eigenvalue weighted by Gasteiger charge is -2.37. The molecule has 1 fully saturated rings. The van der Waals surface area contributed by atoms with E-state index in [1.54, 1.807) is 0 Å². The van der Waals surface area contributed by atoms with Crippen LogP contribution in [0.25, 0.3) is 0 Å². The van der Waals surface area contributed by atoms with E-state index in [0.717, 1.165) is 43.6 Å². The van der Waals surface area contributed by atoms with Crippen LogP contribution in [0.2, 0.25) is 0 Å². The van der Waals surface area contributed by atoms with E-state index in [1.807, 2.05) is 36.5 Å². The standard InChI is InChI=1S/C19H22N4/c20-13-15-4-3-5-16(12-15)14-23(19-6-1-2-11-22-19)18-9-7-17(21)8-10-18/h1-6,11-12,17-18H,7-10,14,21H2. The van der Waals surface area contributed by atoms with E-state index in [0.29, 0.717) is 17.6 Å². The first-order valence-corrected chi connectivity index (χ1v) is 8.18. The second-order valence-electron chi connectivity index (χ2n) is 6.20. The van der Waals surface area contributed by atoms with Crippen LogP contribution >= 0.6 is 0 Å². The summed E-state index contributed by atoms with van der Waals surface area (Å²) in [6, 6.07) is 16.8. The summed E-state index contributed by atoms with van der Waals surface area (Å²) in [4.78, 5) is 6.91. The second kappa shape index (κ2) is 7.26. The molecular weight excluding hydrogens is 284 g/mol. The summed E-state index contributed by atoms with van der Waals surface area (Å²) in [5.41, 5.74) is 7.90. The van der Waals surface area contributed by atoms with E-state index < -0.39 is 0 Å². The van der Waals surface area contributed by atoms with E-state index in [-0.39, 0.29) is 0 Å². The van der Waals surface area contributed by atoms with Crippen molar-refractivity contribution >= 4 is 5.82 Å². The van der Waals surface area contributed by atoms with Crippen molar-refractivity contribution in [2.75, 3.05) is 4.90 Å². The van der Waals surface area contributed by atoms with Gasteiger partial charge in [0.1, 0.15) is 5.82 Å². The van der Waals surface area contributed by atoms with Gasteiger partial charge in [0.2, 0.25) is 0 Å². The number of nitriles is 1. The lowest BCUT2D eigenvalue weighted by Crippen LogP contribution is -2.41. The number of aromatic nitrogens is 1. The van der Waals surface area contributed by atoms with Crippen LogP contribution in [0.15, 0.2) is 48.7 Å². The van der Waals surface area contributed by atoms with Gasteiger partial charge in [-0.2, -0.15) is 5.26 Å². The zero-order chi connectivity index (χ0) is 16.1. The highest BCUT2D eigenvalue weighted by atomic mass is 15.2. The molecule has 1 aromatic carbocycles. The zero-order valence-electron chi connectivity index (χ0n) is 13.2. The summed E-state index contributed by atoms with van der Waals surface area (Å²) in [7, 11) is 0. The molecule has 2 aromatic rings. The van der Waals surface area contributed by atoms with Crippen molar-refractivity contribution in [2.24, 2.45) is 5.73 Å². The van der Waals surface area contributed by atoms with Gasteiger partial charge in [0, 0.05) is 24.8 Å². The van der Waals surface area contributed by atoms with Crippen LogP contribution < -0.4 is 10.6 Å². The highest BCUT2D eigenvalue weighted by molar-refractivity contribution is 5.42. The van der Waals surface area contributed by atoms with E-state index in [9.17, 15) is 0 Å². The predicted molar refractivity (Wildman–Crippen MR) is 91.8 cm³/mol. The Hall–Kier alpha value is -2.38. The number of hydrogen-bond donors (Lipinski definition) is 1. The Morgan fingerprint density at radius 2 is 1.96 bits per heavy atom. The Bertz CT molecular complexity index is 669. The minimum Gasteiger partial charge on any atom is -0.349 e. The molecule has 1 heterocycles. The molecule has 0 spiro atoms. The number of nitrogens with zero attached hydrogens (tertiary/aromatic N) is 3. The SMILES string of the molecule is N#Cc1cccc(CN(c2ccccn2)C2CCC(N)CC2)c1. The molecule has 0 radical (unpaired) electrons. The third-order valence-electron chi connectivity index (χ3n) is 4.53. The molecule has 0 atom stereocenters. The number of pyridine rings is 1. The van der Waals surface area contributed by atoms with Gasteiger partial charge < -0.3 is 10.6 Å². The number of anilines is 1. The molecule has 1 aliphatic carbocycles. The van der Waals surface area contributed by atoms with Crippen LogP contribution in [0.5, 0.6) is 0 Å². The molecule has 1 aromatic heterocycles. The normalized spacial score (nSPS) is 20.7. The van der Waals surface area contributed by atoms with E-state index in [2.05, 4.69) is 28.1 Å². The van der Waals surface area contributed by atoms with Crippen molar-refractivity contribution in [1.82, 2.24) is 4.98 Å². The van der Waals surface area contributed by atoms with Gasteiger partial charge in [0.25, 0.3) is 0 Å². The molecule has 0 unspecified atom stereocenters. The summed E-state index contributed by atoms with van der Waals surface area (Å²) < 4.78 is 0. The number of benzene rings is 1. The Balaban J connectivity index is 1.84. The third kappa shape index (κ3) is 3.88. The number of hydrogen-bond acceptors (Lipinski definition) is 4. The van der Waals surface area contributed by atoms with Gasteiger partial charge in [0.15, 0.2) is 0 Å². The maximum atomic E-state index is 9.10. The molecule has 0 aliphatic heterocycles. The third-order valence-corrected chi connectivity index (χ3v) is 4.53. The molecule has 4 heteroatoms. The van der Waals surface area contributed by atoms with Crippen LogP contribution in [-0.2, 0) is 6.54 Å². The van der Waals surface area contributed by atoms with Crippen molar-refractivity contribution < 1.29 is 0 Å². The molecule has 3 rings (SSSR count). The monoisotopic (exact) mass is 306 g/mol. The Morgan fingerprint density at radius 3 is 2.65 bits per heavy atom. The highest BCUT2D eigenvalue weighted by Gasteiger charge is 2.25. The van der Waals surface area contributed by atoms with Crippen LogP contribution in [0, 0.1) is 11.3 Å². The molecule has 4 nitrogen and oxygen atoms in total. The fourth-order valence-corrected chi connectivity index (χ4v) is 3.27. The fraction of sp³-hybridized carbons (Fsp3) is 0.368. The number of rotatable bonds is 4. The molecule has 1 aliphatic rings. The van der Waals surface area contributed by atoms with Gasteiger partial charge >= 0.3 is 0 Å². The molecule has 0 amide bonds. The average molecular weight is 306 g/mol. The maximum absolute atomic E-state index is 9.10. The van der Waals surface area contributed by atoms with Crippen LogP contribution in [-0.4, -0.2) is 17.1 Å². The van der Waals surface area contributed by atoms with Crippen molar-refractivity contribution in [3.05, 3.63) is 59.8 Å². The van der Waals surface area contributed by atoms with Crippen LogP contribution in [0.3, 0.4) is 0 Å². The molecule has 0 saturated heterocycles. The smallest absolute Gasteiger partial charge is 0.129 e. The summed E-state index contributed by atoms with van der Waals surface area (Å²) in [5.74, 6) is 0.996. The van der Waals surface area contributed by atoms with Gasteiger partial charge in [-0.15, -0.1) is 0 Å². The first kappa shape index (κ1) is 15.5. The van der Waals surface area contributed by atoms with Crippen LogP contribution in [0.1, 0.15) is 36.8 Å². The van der Waals surface area contributed by atoms with Gasteiger partial charge in [-0.25, -0.2) is 4.98 Å². The Labute approximate surface area is 137 Å². The van der Waals surface area contributed by atoms with Crippen molar-refractivity contribution in [3.63, 3.8) is 0 Å². The lowest BCUT2D eigenvalue weighted by molar-refractivity contribution is 0.373. The first-order valence-electron chi connectivity index (χ1n) is 8.18. The van der Waals surface area contributed by atoms with Crippen LogP contribution in [0.4, 0.5) is 5.82 Å². The lowest BCUT2D eigenvalue weighted by atomic mass is 9.90. The van der Waals surface area contributed by atoms with Gasteiger partial charge in [-0.05, 0) is 55.5 Å². The van der Waals surface area contributed by atoms with E-state index in [1.165, 1.54) is 0 Å². The molecular formula is C19H22N4. The highest BCUT2D eigenvalue weighted by Crippen LogP contribution is 2.27. The van der Waals surface area contributed by atoms with Crippen molar-refractivity contribution in [1.29, 1.82) is 5.26 Å². The number of nitrogens with two attached hydrogens (primary N) is 1. The summed E-state index contributed by atoms with van der Waals surface area (Å²) in [6.07, 6.45) is 6.15. The molecule has 118 valence electrons. The minimum atomic E-state index is 0.332. The van der Waals surface area contributed by atoms with Crippen molar-refractivity contribution in [2.45, 2.75) is 44.3 Å². The second-order valence-corrected chi connectivity index (χ2v) is 6.20. The zero-order valence-corrected chi connectivity index (χ0v) is 13.2. The topological polar surface area (TPSA) is 65.9 Å². The maximum Gasteiger partial charge on any atom is 0.129 e. The minimum absolute atomic E-state index is 0.332.